The molecule has 0 bridgehead atoms. The number of hydrogen-bond donors (Lipinski definition) is 1. The first-order valence-electron chi connectivity index (χ1n) is 11.3. The SMILES string of the molecule is CC[C@@H]1COC2=C(C(=O)NS(=O)(=O)c3ccc(C)cc3)[C@@H](C)N(S(=O)(=O)c3ccc(C)cc3)C(=O)N21. The third-order valence-electron chi connectivity index (χ3n) is 6.24. The molecule has 4 rings (SSSR count). The minimum Gasteiger partial charge on any atom is -0.476 e. The average molecular weight is 534 g/mol. The molecule has 1 saturated heterocycles. The van der Waals surface area contributed by atoms with Crippen molar-refractivity contribution in [2.24, 2.45) is 0 Å². The van der Waals surface area contributed by atoms with Gasteiger partial charge in [-0.3, -0.25) is 9.69 Å². The number of nitrogens with zero attached hydrogens (tertiary/aromatic N) is 2. The molecule has 0 spiro atoms. The molecule has 36 heavy (non-hydrogen) atoms. The third kappa shape index (κ3) is 4.35. The van der Waals surface area contributed by atoms with Crippen molar-refractivity contribution in [1.82, 2.24) is 13.9 Å². The lowest BCUT2D eigenvalue weighted by Gasteiger charge is -2.38. The van der Waals surface area contributed by atoms with Gasteiger partial charge >= 0.3 is 6.03 Å². The van der Waals surface area contributed by atoms with Gasteiger partial charge < -0.3 is 4.74 Å². The monoisotopic (exact) mass is 533 g/mol. The minimum atomic E-state index is -4.39. The Kier molecular flexibility index (Phi) is 6.60. The Bertz CT molecular complexity index is 1450. The first-order chi connectivity index (χ1) is 16.9. The van der Waals surface area contributed by atoms with Gasteiger partial charge in [0.1, 0.15) is 12.2 Å². The number of nitrogens with one attached hydrogen (secondary N) is 1. The van der Waals surface area contributed by atoms with Crippen molar-refractivity contribution in [3.8, 4) is 0 Å². The summed E-state index contributed by atoms with van der Waals surface area (Å²) in [4.78, 5) is 27.7. The summed E-state index contributed by atoms with van der Waals surface area (Å²) in [6.07, 6.45) is 0.429. The van der Waals surface area contributed by atoms with Crippen LogP contribution in [0.1, 0.15) is 31.4 Å². The zero-order valence-electron chi connectivity index (χ0n) is 20.3. The van der Waals surface area contributed by atoms with Crippen LogP contribution in [0.4, 0.5) is 4.79 Å². The van der Waals surface area contributed by atoms with Gasteiger partial charge in [-0.15, -0.1) is 0 Å². The molecule has 192 valence electrons. The Morgan fingerprint density at radius 3 is 2.03 bits per heavy atom. The van der Waals surface area contributed by atoms with Crippen LogP contribution in [0.2, 0.25) is 0 Å². The van der Waals surface area contributed by atoms with E-state index in [4.69, 9.17) is 4.74 Å². The molecule has 2 heterocycles. The number of hydrogen-bond acceptors (Lipinski definition) is 7. The Balaban J connectivity index is 1.78. The van der Waals surface area contributed by atoms with Crippen LogP contribution >= 0.6 is 0 Å². The summed E-state index contributed by atoms with van der Waals surface area (Å²) in [5.74, 6) is -1.21. The van der Waals surface area contributed by atoms with Crippen molar-refractivity contribution < 1.29 is 31.2 Å². The zero-order chi connectivity index (χ0) is 26.4. The number of carbonyl (C=O) groups excluding carboxylic acids is 2. The first kappa shape index (κ1) is 25.7. The summed E-state index contributed by atoms with van der Waals surface area (Å²) in [5, 5.41) is 0. The van der Waals surface area contributed by atoms with Crippen LogP contribution in [0.25, 0.3) is 0 Å². The number of ether oxygens (including phenoxy) is 1. The number of carbonyl (C=O) groups is 2. The highest BCUT2D eigenvalue weighted by atomic mass is 32.2. The lowest BCUT2D eigenvalue weighted by atomic mass is 10.1. The maximum atomic E-state index is 13.6. The molecular weight excluding hydrogens is 506 g/mol. The predicted octanol–water partition coefficient (Wildman–Crippen LogP) is 2.64. The maximum absolute atomic E-state index is 13.6. The fourth-order valence-electron chi connectivity index (χ4n) is 4.18. The largest absolute Gasteiger partial charge is 0.476 e. The van der Waals surface area contributed by atoms with Gasteiger partial charge in [-0.1, -0.05) is 42.3 Å². The Hall–Kier alpha value is -3.38. The number of fused-ring (bicyclic) bond motifs is 1. The van der Waals surface area contributed by atoms with Gasteiger partial charge in [0, 0.05) is 0 Å². The van der Waals surface area contributed by atoms with E-state index < -0.39 is 44.1 Å². The van der Waals surface area contributed by atoms with Crippen LogP contribution in [0.15, 0.2) is 69.8 Å². The van der Waals surface area contributed by atoms with E-state index in [9.17, 15) is 26.4 Å². The van der Waals surface area contributed by atoms with Gasteiger partial charge in [-0.25, -0.2) is 30.7 Å². The first-order valence-corrected chi connectivity index (χ1v) is 14.3. The van der Waals surface area contributed by atoms with E-state index in [2.05, 4.69) is 0 Å². The molecule has 0 aliphatic carbocycles. The number of sulfonamides is 2. The summed E-state index contributed by atoms with van der Waals surface area (Å²) in [6.45, 7) is 6.78. The molecule has 0 aromatic heterocycles. The van der Waals surface area contributed by atoms with E-state index in [0.29, 0.717) is 10.7 Å². The molecule has 0 radical (unpaired) electrons. The van der Waals surface area contributed by atoms with Gasteiger partial charge in [0.2, 0.25) is 5.88 Å². The van der Waals surface area contributed by atoms with E-state index >= 15 is 0 Å². The van der Waals surface area contributed by atoms with Crippen LogP contribution in [-0.2, 0) is 29.6 Å². The highest BCUT2D eigenvalue weighted by Crippen LogP contribution is 2.37. The van der Waals surface area contributed by atoms with Crippen LogP contribution < -0.4 is 4.72 Å². The molecule has 2 aromatic rings. The molecule has 3 amide bonds. The smallest absolute Gasteiger partial charge is 0.341 e. The highest BCUT2D eigenvalue weighted by Gasteiger charge is 2.51. The van der Waals surface area contributed by atoms with E-state index in [1.807, 2.05) is 4.72 Å². The molecule has 2 aromatic carbocycles. The standard InChI is InChI=1S/C24H27N3O7S2/c1-5-18-14-34-23-21(22(28)25-35(30,31)19-10-6-15(2)7-11-19)17(4)27(24(29)26(18)23)36(32,33)20-12-8-16(3)9-13-20/h6-13,17-18H,5,14H2,1-4H3,(H,25,28)/t17-,18-/m1/s1. The second-order valence-corrected chi connectivity index (χ2v) is 12.3. The summed E-state index contributed by atoms with van der Waals surface area (Å²) < 4.78 is 61.2. The second-order valence-electron chi connectivity index (χ2n) is 8.78. The van der Waals surface area contributed by atoms with Crippen LogP contribution in [0, 0.1) is 13.8 Å². The molecular formula is C24H27N3O7S2. The Morgan fingerprint density at radius 1 is 0.972 bits per heavy atom. The molecule has 0 unspecified atom stereocenters. The van der Waals surface area contributed by atoms with Crippen molar-refractivity contribution in [2.45, 2.75) is 56.0 Å². The second kappa shape index (κ2) is 9.25. The average Bonchev–Trinajstić information content (AvgIpc) is 3.23. The number of benzene rings is 2. The number of amides is 3. The highest BCUT2D eigenvalue weighted by molar-refractivity contribution is 7.90. The van der Waals surface area contributed by atoms with Crippen LogP contribution in [0.3, 0.4) is 0 Å². The summed E-state index contributed by atoms with van der Waals surface area (Å²) >= 11 is 0. The van der Waals surface area contributed by atoms with E-state index in [0.717, 1.165) is 16.0 Å². The molecule has 2 aliphatic rings. The normalized spacial score (nSPS) is 20.3. The Labute approximate surface area is 210 Å². The van der Waals surface area contributed by atoms with Gasteiger partial charge in [0.15, 0.2) is 0 Å². The van der Waals surface area contributed by atoms with E-state index in [-0.39, 0.29) is 27.9 Å². The third-order valence-corrected chi connectivity index (χ3v) is 9.45. The lowest BCUT2D eigenvalue weighted by Crippen LogP contribution is -2.57. The number of aryl methyl sites for hydroxylation is 2. The molecule has 1 fully saturated rings. The van der Waals surface area contributed by atoms with Crippen molar-refractivity contribution >= 4 is 32.0 Å². The quantitative estimate of drug-likeness (QED) is 0.604. The van der Waals surface area contributed by atoms with Gasteiger partial charge in [0.05, 0.1) is 21.9 Å². The minimum absolute atomic E-state index is 0.0458. The van der Waals surface area contributed by atoms with Crippen molar-refractivity contribution in [3.05, 3.63) is 71.1 Å². The maximum Gasteiger partial charge on any atom is 0.341 e. The summed E-state index contributed by atoms with van der Waals surface area (Å²) in [6, 6.07) is 9.13. The van der Waals surface area contributed by atoms with Crippen molar-refractivity contribution in [3.63, 3.8) is 0 Å². The zero-order valence-corrected chi connectivity index (χ0v) is 21.9. The Morgan fingerprint density at radius 2 is 1.50 bits per heavy atom. The predicted molar refractivity (Wildman–Crippen MR) is 130 cm³/mol. The molecule has 1 N–H and O–H groups in total. The van der Waals surface area contributed by atoms with E-state index in [1.54, 1.807) is 45.0 Å². The summed E-state index contributed by atoms with van der Waals surface area (Å²) in [5.41, 5.74) is 1.40. The van der Waals surface area contributed by atoms with Crippen molar-refractivity contribution in [1.29, 1.82) is 0 Å². The van der Waals surface area contributed by atoms with Crippen molar-refractivity contribution in [2.75, 3.05) is 6.61 Å². The summed E-state index contributed by atoms with van der Waals surface area (Å²) in [7, 11) is -8.67. The van der Waals surface area contributed by atoms with Crippen LogP contribution in [-0.4, -0.2) is 56.7 Å². The van der Waals surface area contributed by atoms with Crippen LogP contribution in [0.5, 0.6) is 0 Å². The molecule has 2 atom stereocenters. The van der Waals surface area contributed by atoms with Gasteiger partial charge in [0.25, 0.3) is 26.0 Å². The number of rotatable bonds is 6. The van der Waals surface area contributed by atoms with Gasteiger partial charge in [-0.05, 0) is 51.5 Å². The molecule has 12 heteroatoms. The molecule has 10 nitrogen and oxygen atoms in total. The topological polar surface area (TPSA) is 130 Å². The molecule has 0 saturated carbocycles. The fourth-order valence-corrected chi connectivity index (χ4v) is 6.67. The fraction of sp³-hybridized carbons (Fsp3) is 0.333. The molecule has 2 aliphatic heterocycles. The van der Waals surface area contributed by atoms with E-state index in [1.165, 1.54) is 31.2 Å². The lowest BCUT2D eigenvalue weighted by molar-refractivity contribution is -0.116. The number of urea groups is 1. The van der Waals surface area contributed by atoms with Gasteiger partial charge in [-0.2, -0.15) is 0 Å².